The highest BCUT2D eigenvalue weighted by Gasteiger charge is 2.20. The second-order valence-corrected chi connectivity index (χ2v) is 4.68. The van der Waals surface area contributed by atoms with Crippen LogP contribution in [0.3, 0.4) is 0 Å². The van der Waals surface area contributed by atoms with Crippen LogP contribution >= 0.6 is 0 Å². The first kappa shape index (κ1) is 7.35. The van der Waals surface area contributed by atoms with Gasteiger partial charge in [-0.3, -0.25) is 4.21 Å². The number of rotatable bonds is 0. The first-order valence-corrected chi connectivity index (χ1v) is 5.54. The van der Waals surface area contributed by atoms with Gasteiger partial charge in [0.25, 0.3) is 0 Å². The summed E-state index contributed by atoms with van der Waals surface area (Å²) in [5, 5.41) is 3.34. The van der Waals surface area contributed by atoms with Crippen molar-refractivity contribution >= 4 is 10.8 Å². The molecule has 1 unspecified atom stereocenters. The van der Waals surface area contributed by atoms with Crippen LogP contribution in [0.15, 0.2) is 10.6 Å². The molecule has 2 rings (SSSR count). The highest BCUT2D eigenvalue weighted by molar-refractivity contribution is 7.89. The van der Waals surface area contributed by atoms with Gasteiger partial charge in [0.05, 0.1) is 10.8 Å². The van der Waals surface area contributed by atoms with Gasteiger partial charge >= 0.3 is 0 Å². The Balaban J connectivity index is 2.27. The van der Waals surface area contributed by atoms with Gasteiger partial charge < -0.3 is 5.32 Å². The van der Waals surface area contributed by atoms with Crippen LogP contribution in [0.4, 0.5) is 0 Å². The fourth-order valence-corrected chi connectivity index (χ4v) is 3.09. The molecule has 0 aromatic carbocycles. The second kappa shape index (κ2) is 2.97. The van der Waals surface area contributed by atoms with Gasteiger partial charge in [-0.15, -0.1) is 0 Å². The topological polar surface area (TPSA) is 29.1 Å². The van der Waals surface area contributed by atoms with Crippen LogP contribution in [0.25, 0.3) is 0 Å². The van der Waals surface area contributed by atoms with E-state index in [2.05, 4.69) is 5.32 Å². The summed E-state index contributed by atoms with van der Waals surface area (Å²) in [4.78, 5) is 1.21. The molecule has 0 amide bonds. The monoisotopic (exact) mass is 171 g/mol. The zero-order valence-corrected chi connectivity index (χ0v) is 7.38. The van der Waals surface area contributed by atoms with Crippen molar-refractivity contribution in [2.24, 2.45) is 0 Å². The van der Waals surface area contributed by atoms with Crippen LogP contribution in [0.1, 0.15) is 25.7 Å². The van der Waals surface area contributed by atoms with Crippen molar-refractivity contribution in [2.75, 3.05) is 12.3 Å². The summed E-state index contributed by atoms with van der Waals surface area (Å²) in [5.41, 5.74) is 1.29. The molecule has 1 aliphatic carbocycles. The van der Waals surface area contributed by atoms with Gasteiger partial charge in [0.2, 0.25) is 0 Å². The molecule has 0 fully saturated rings. The third kappa shape index (κ3) is 1.34. The van der Waals surface area contributed by atoms with Crippen molar-refractivity contribution < 1.29 is 4.21 Å². The molecule has 1 aliphatic heterocycles. The van der Waals surface area contributed by atoms with Crippen molar-refractivity contribution in [3.8, 4) is 0 Å². The van der Waals surface area contributed by atoms with E-state index < -0.39 is 10.8 Å². The lowest BCUT2D eigenvalue weighted by Gasteiger charge is -2.25. The van der Waals surface area contributed by atoms with Crippen LogP contribution in [0, 0.1) is 0 Å². The number of hydrogen-bond acceptors (Lipinski definition) is 2. The van der Waals surface area contributed by atoms with Crippen LogP contribution < -0.4 is 5.32 Å². The van der Waals surface area contributed by atoms with Crippen molar-refractivity contribution in [2.45, 2.75) is 25.7 Å². The van der Waals surface area contributed by atoms with Gasteiger partial charge in [-0.1, -0.05) is 0 Å². The normalized spacial score (nSPS) is 31.1. The van der Waals surface area contributed by atoms with E-state index in [1.807, 2.05) is 0 Å². The maximum atomic E-state index is 11.4. The molecule has 0 aromatic rings. The fourth-order valence-electron chi connectivity index (χ4n) is 1.73. The van der Waals surface area contributed by atoms with Gasteiger partial charge in [-0.05, 0) is 25.7 Å². The van der Waals surface area contributed by atoms with E-state index in [4.69, 9.17) is 0 Å². The zero-order valence-electron chi connectivity index (χ0n) is 6.56. The summed E-state index contributed by atoms with van der Waals surface area (Å²) in [6.07, 6.45) is 4.69. The first-order valence-electron chi connectivity index (χ1n) is 4.22. The second-order valence-electron chi connectivity index (χ2n) is 3.09. The number of hydrogen-bond donors (Lipinski definition) is 1. The summed E-state index contributed by atoms with van der Waals surface area (Å²) >= 11 is 0. The molecular formula is C8H13NOS. The molecule has 0 saturated heterocycles. The SMILES string of the molecule is O=S1CCNC2=C1CCCC2. The summed E-state index contributed by atoms with van der Waals surface area (Å²) in [6, 6.07) is 0. The summed E-state index contributed by atoms with van der Waals surface area (Å²) in [7, 11) is -0.640. The van der Waals surface area contributed by atoms with Crippen molar-refractivity contribution in [3.63, 3.8) is 0 Å². The maximum Gasteiger partial charge on any atom is 0.0523 e. The molecule has 2 aliphatic rings. The molecule has 2 nitrogen and oxygen atoms in total. The molecule has 0 aromatic heterocycles. The van der Waals surface area contributed by atoms with Crippen LogP contribution in [0.5, 0.6) is 0 Å². The quantitative estimate of drug-likeness (QED) is 0.592. The van der Waals surface area contributed by atoms with Crippen molar-refractivity contribution in [1.82, 2.24) is 5.32 Å². The average molecular weight is 171 g/mol. The summed E-state index contributed by atoms with van der Waals surface area (Å²) in [6.45, 7) is 0.908. The smallest absolute Gasteiger partial charge is 0.0523 e. The Morgan fingerprint density at radius 3 is 2.91 bits per heavy atom. The van der Waals surface area contributed by atoms with Crippen molar-refractivity contribution in [3.05, 3.63) is 10.6 Å². The molecule has 0 spiro atoms. The van der Waals surface area contributed by atoms with E-state index in [0.717, 1.165) is 25.1 Å². The standard InChI is InChI=1S/C8H13NOS/c10-11-6-5-9-7-3-1-2-4-8(7)11/h9H,1-6H2. The minimum atomic E-state index is -0.640. The number of nitrogens with one attached hydrogen (secondary N) is 1. The van der Waals surface area contributed by atoms with Crippen LogP contribution in [-0.2, 0) is 10.8 Å². The fraction of sp³-hybridized carbons (Fsp3) is 0.750. The molecule has 1 N–H and O–H groups in total. The Labute approximate surface area is 69.5 Å². The number of allylic oxidation sites excluding steroid dienone is 2. The predicted molar refractivity (Wildman–Crippen MR) is 46.5 cm³/mol. The Kier molecular flexibility index (Phi) is 1.98. The van der Waals surface area contributed by atoms with E-state index in [1.54, 1.807) is 0 Å². The minimum absolute atomic E-state index is 0.640. The molecule has 1 atom stereocenters. The Hall–Kier alpha value is -0.310. The zero-order chi connectivity index (χ0) is 7.68. The van der Waals surface area contributed by atoms with Crippen LogP contribution in [-0.4, -0.2) is 16.5 Å². The lowest BCUT2D eigenvalue weighted by atomic mass is 10.0. The molecule has 1 heterocycles. The molecule has 0 bridgehead atoms. The predicted octanol–water partition coefficient (Wildman–Crippen LogP) is 1.12. The van der Waals surface area contributed by atoms with Gasteiger partial charge in [-0.25, -0.2) is 0 Å². The largest absolute Gasteiger partial charge is 0.387 e. The third-order valence-electron chi connectivity index (χ3n) is 2.32. The Bertz CT molecular complexity index is 218. The van der Waals surface area contributed by atoms with Crippen LogP contribution in [0.2, 0.25) is 0 Å². The van der Waals surface area contributed by atoms with E-state index in [1.165, 1.54) is 23.4 Å². The van der Waals surface area contributed by atoms with Gasteiger partial charge in [-0.2, -0.15) is 0 Å². The molecule has 3 heteroatoms. The minimum Gasteiger partial charge on any atom is -0.387 e. The van der Waals surface area contributed by atoms with Gasteiger partial charge in [0.1, 0.15) is 0 Å². The Morgan fingerprint density at radius 2 is 2.09 bits per heavy atom. The molecule has 11 heavy (non-hydrogen) atoms. The van der Waals surface area contributed by atoms with E-state index in [-0.39, 0.29) is 0 Å². The highest BCUT2D eigenvalue weighted by Crippen LogP contribution is 2.27. The molecule has 0 saturated carbocycles. The third-order valence-corrected chi connectivity index (χ3v) is 3.89. The highest BCUT2D eigenvalue weighted by atomic mass is 32.2. The van der Waals surface area contributed by atoms with Gasteiger partial charge in [0, 0.05) is 22.9 Å². The average Bonchev–Trinajstić information content (AvgIpc) is 2.06. The van der Waals surface area contributed by atoms with E-state index in [9.17, 15) is 4.21 Å². The van der Waals surface area contributed by atoms with E-state index in [0.29, 0.717) is 0 Å². The van der Waals surface area contributed by atoms with Gasteiger partial charge in [0.15, 0.2) is 0 Å². The van der Waals surface area contributed by atoms with E-state index >= 15 is 0 Å². The summed E-state index contributed by atoms with van der Waals surface area (Å²) in [5.74, 6) is 0.818. The Morgan fingerprint density at radius 1 is 1.27 bits per heavy atom. The first-order chi connectivity index (χ1) is 5.38. The summed E-state index contributed by atoms with van der Waals surface area (Å²) < 4.78 is 11.4. The molecule has 0 radical (unpaired) electrons. The van der Waals surface area contributed by atoms with Crippen molar-refractivity contribution in [1.29, 1.82) is 0 Å². The molecular weight excluding hydrogens is 158 g/mol. The lowest BCUT2D eigenvalue weighted by Crippen LogP contribution is -2.30. The lowest BCUT2D eigenvalue weighted by molar-refractivity contribution is 0.619. The maximum absolute atomic E-state index is 11.4. The molecule has 62 valence electrons.